The SMILES string of the molecule is O=C(N[C@H]1CCc2ccccc21)N1CCN(Cc2ccccn2)CC1. The predicted molar refractivity (Wildman–Crippen MR) is 97.1 cm³/mol. The number of hydrogen-bond donors (Lipinski definition) is 1. The van der Waals surface area contributed by atoms with Gasteiger partial charge >= 0.3 is 6.03 Å². The maximum absolute atomic E-state index is 12.6. The van der Waals surface area contributed by atoms with Gasteiger partial charge in [-0.3, -0.25) is 9.88 Å². The number of benzene rings is 1. The summed E-state index contributed by atoms with van der Waals surface area (Å²) in [5.74, 6) is 0. The van der Waals surface area contributed by atoms with Crippen molar-refractivity contribution < 1.29 is 4.79 Å². The molecular weight excluding hydrogens is 312 g/mol. The Bertz CT molecular complexity index is 725. The molecule has 1 aromatic heterocycles. The van der Waals surface area contributed by atoms with Crippen LogP contribution in [0, 0.1) is 0 Å². The van der Waals surface area contributed by atoms with Gasteiger partial charge in [-0.1, -0.05) is 30.3 Å². The number of aromatic nitrogens is 1. The fraction of sp³-hybridized carbons (Fsp3) is 0.400. The predicted octanol–water partition coefficient (Wildman–Crippen LogP) is 2.60. The van der Waals surface area contributed by atoms with Crippen molar-refractivity contribution in [3.05, 3.63) is 65.5 Å². The second-order valence-corrected chi connectivity index (χ2v) is 6.82. The summed E-state index contributed by atoms with van der Waals surface area (Å²) in [7, 11) is 0. The Morgan fingerprint density at radius 3 is 2.68 bits per heavy atom. The van der Waals surface area contributed by atoms with E-state index in [1.807, 2.05) is 23.2 Å². The van der Waals surface area contributed by atoms with Gasteiger partial charge in [0.2, 0.25) is 0 Å². The number of amides is 2. The third-order valence-corrected chi connectivity index (χ3v) is 5.20. The molecule has 1 N–H and O–H groups in total. The Kier molecular flexibility index (Phi) is 4.65. The van der Waals surface area contributed by atoms with Gasteiger partial charge in [-0.05, 0) is 36.1 Å². The van der Waals surface area contributed by atoms with Crippen LogP contribution < -0.4 is 5.32 Å². The molecule has 4 rings (SSSR count). The first-order chi connectivity index (χ1) is 12.3. The molecule has 1 saturated heterocycles. The molecular formula is C20H24N4O. The molecule has 2 heterocycles. The molecule has 1 aliphatic heterocycles. The smallest absolute Gasteiger partial charge is 0.317 e. The Morgan fingerprint density at radius 2 is 1.88 bits per heavy atom. The minimum absolute atomic E-state index is 0.0687. The summed E-state index contributed by atoms with van der Waals surface area (Å²) in [6, 6.07) is 14.7. The molecule has 5 heteroatoms. The third-order valence-electron chi connectivity index (χ3n) is 5.20. The number of nitrogens with one attached hydrogen (secondary N) is 1. The van der Waals surface area contributed by atoms with E-state index < -0.39 is 0 Å². The maximum Gasteiger partial charge on any atom is 0.317 e. The third kappa shape index (κ3) is 3.66. The molecule has 130 valence electrons. The van der Waals surface area contributed by atoms with Crippen LogP contribution in [0.3, 0.4) is 0 Å². The fourth-order valence-corrected chi connectivity index (χ4v) is 3.78. The van der Waals surface area contributed by atoms with Crippen LogP contribution >= 0.6 is 0 Å². The highest BCUT2D eigenvalue weighted by molar-refractivity contribution is 5.75. The van der Waals surface area contributed by atoms with Crippen molar-refractivity contribution in [1.82, 2.24) is 20.1 Å². The lowest BCUT2D eigenvalue weighted by Crippen LogP contribution is -2.51. The summed E-state index contributed by atoms with van der Waals surface area (Å²) in [5, 5.41) is 3.23. The Morgan fingerprint density at radius 1 is 1.08 bits per heavy atom. The topological polar surface area (TPSA) is 48.5 Å². The van der Waals surface area contributed by atoms with Crippen LogP contribution in [-0.4, -0.2) is 47.0 Å². The summed E-state index contributed by atoms with van der Waals surface area (Å²) < 4.78 is 0. The molecule has 1 aliphatic carbocycles. The van der Waals surface area contributed by atoms with Crippen molar-refractivity contribution in [3.63, 3.8) is 0 Å². The van der Waals surface area contributed by atoms with Crippen molar-refractivity contribution in [1.29, 1.82) is 0 Å². The number of urea groups is 1. The van der Waals surface area contributed by atoms with E-state index in [4.69, 9.17) is 0 Å². The molecule has 0 radical (unpaired) electrons. The summed E-state index contributed by atoms with van der Waals surface area (Å²) in [4.78, 5) is 21.3. The van der Waals surface area contributed by atoms with Crippen LogP contribution in [0.4, 0.5) is 4.79 Å². The van der Waals surface area contributed by atoms with Crippen molar-refractivity contribution in [2.24, 2.45) is 0 Å². The van der Waals surface area contributed by atoms with Crippen molar-refractivity contribution >= 4 is 6.03 Å². The summed E-state index contributed by atoms with van der Waals surface area (Å²) >= 11 is 0. The summed E-state index contributed by atoms with van der Waals surface area (Å²) in [5.41, 5.74) is 3.74. The number of carbonyl (C=O) groups is 1. The second-order valence-electron chi connectivity index (χ2n) is 6.82. The van der Waals surface area contributed by atoms with Gasteiger partial charge in [-0.2, -0.15) is 0 Å². The number of hydrogen-bond acceptors (Lipinski definition) is 3. The molecule has 1 aromatic carbocycles. The fourth-order valence-electron chi connectivity index (χ4n) is 3.78. The molecule has 1 atom stereocenters. The molecule has 0 unspecified atom stereocenters. The van der Waals surface area contributed by atoms with Gasteiger partial charge in [0.15, 0.2) is 0 Å². The van der Waals surface area contributed by atoms with Crippen LogP contribution in [-0.2, 0) is 13.0 Å². The van der Waals surface area contributed by atoms with Crippen molar-refractivity contribution in [3.8, 4) is 0 Å². The number of nitrogens with zero attached hydrogens (tertiary/aromatic N) is 3. The van der Waals surface area contributed by atoms with E-state index >= 15 is 0 Å². The zero-order valence-electron chi connectivity index (χ0n) is 14.4. The second kappa shape index (κ2) is 7.23. The highest BCUT2D eigenvalue weighted by Crippen LogP contribution is 2.30. The van der Waals surface area contributed by atoms with Crippen LogP contribution in [0.2, 0.25) is 0 Å². The van der Waals surface area contributed by atoms with Crippen molar-refractivity contribution in [2.75, 3.05) is 26.2 Å². The van der Waals surface area contributed by atoms with Crippen LogP contribution in [0.5, 0.6) is 0 Å². The van der Waals surface area contributed by atoms with Crippen LogP contribution in [0.15, 0.2) is 48.7 Å². The first kappa shape index (κ1) is 16.1. The average Bonchev–Trinajstić information content (AvgIpc) is 3.06. The zero-order chi connectivity index (χ0) is 17.1. The Balaban J connectivity index is 1.29. The monoisotopic (exact) mass is 336 g/mol. The summed E-state index contributed by atoms with van der Waals surface area (Å²) in [6.45, 7) is 4.18. The number of rotatable bonds is 3. The van der Waals surface area contributed by atoms with Crippen molar-refractivity contribution in [2.45, 2.75) is 25.4 Å². The Labute approximate surface area is 148 Å². The van der Waals surface area contributed by atoms with Crippen LogP contribution in [0.1, 0.15) is 29.3 Å². The van der Waals surface area contributed by atoms with Gasteiger partial charge in [0.25, 0.3) is 0 Å². The first-order valence-electron chi connectivity index (χ1n) is 9.05. The molecule has 2 amide bonds. The normalized spacial score (nSPS) is 20.3. The van der Waals surface area contributed by atoms with E-state index in [9.17, 15) is 4.79 Å². The lowest BCUT2D eigenvalue weighted by molar-refractivity contribution is 0.132. The van der Waals surface area contributed by atoms with E-state index in [0.29, 0.717) is 0 Å². The molecule has 5 nitrogen and oxygen atoms in total. The minimum Gasteiger partial charge on any atom is -0.331 e. The summed E-state index contributed by atoms with van der Waals surface area (Å²) in [6.07, 6.45) is 3.89. The van der Waals surface area contributed by atoms with Gasteiger partial charge in [-0.15, -0.1) is 0 Å². The molecule has 0 saturated carbocycles. The minimum atomic E-state index is 0.0687. The Hall–Kier alpha value is -2.40. The van der Waals surface area contributed by atoms with E-state index in [2.05, 4.69) is 45.5 Å². The largest absolute Gasteiger partial charge is 0.331 e. The molecule has 0 bridgehead atoms. The number of fused-ring (bicyclic) bond motifs is 1. The average molecular weight is 336 g/mol. The standard InChI is InChI=1S/C20H24N4O/c25-20(22-19-9-8-16-5-1-2-7-18(16)19)24-13-11-23(12-14-24)15-17-6-3-4-10-21-17/h1-7,10,19H,8-9,11-15H2,(H,22,25)/t19-/m0/s1. The number of piperazine rings is 1. The quantitative estimate of drug-likeness (QED) is 0.937. The molecule has 0 spiro atoms. The van der Waals surface area contributed by atoms with E-state index in [0.717, 1.165) is 51.3 Å². The van der Waals surface area contributed by atoms with Gasteiger partial charge in [0.1, 0.15) is 0 Å². The molecule has 2 aromatic rings. The number of carbonyl (C=O) groups excluding carboxylic acids is 1. The first-order valence-corrected chi connectivity index (χ1v) is 9.05. The van der Waals surface area contributed by atoms with Gasteiger partial charge in [-0.25, -0.2) is 4.79 Å². The lowest BCUT2D eigenvalue weighted by Gasteiger charge is -2.35. The number of pyridine rings is 1. The molecule has 1 fully saturated rings. The van der Waals surface area contributed by atoms with Gasteiger partial charge in [0, 0.05) is 38.9 Å². The highest BCUT2D eigenvalue weighted by Gasteiger charge is 2.27. The van der Waals surface area contributed by atoms with Gasteiger partial charge in [0.05, 0.1) is 11.7 Å². The lowest BCUT2D eigenvalue weighted by atomic mass is 10.1. The van der Waals surface area contributed by atoms with Gasteiger partial charge < -0.3 is 10.2 Å². The van der Waals surface area contributed by atoms with E-state index in [-0.39, 0.29) is 12.1 Å². The molecule has 25 heavy (non-hydrogen) atoms. The maximum atomic E-state index is 12.6. The zero-order valence-corrected chi connectivity index (χ0v) is 14.4. The highest BCUT2D eigenvalue weighted by atomic mass is 16.2. The van der Waals surface area contributed by atoms with Crippen LogP contribution in [0.25, 0.3) is 0 Å². The number of aryl methyl sites for hydroxylation is 1. The molecule has 2 aliphatic rings. The van der Waals surface area contributed by atoms with E-state index in [1.54, 1.807) is 0 Å². The van der Waals surface area contributed by atoms with E-state index in [1.165, 1.54) is 11.1 Å².